The Morgan fingerprint density at radius 1 is 1.00 bits per heavy atom. The first-order valence-electron chi connectivity index (χ1n) is 7.70. The van der Waals surface area contributed by atoms with Crippen LogP contribution < -0.4 is 4.57 Å². The largest absolute Gasteiger partial charge is 0.213 e. The van der Waals surface area contributed by atoms with Crippen molar-refractivity contribution < 1.29 is 8.96 Å². The molecule has 0 atom stereocenters. The maximum absolute atomic E-state index is 14.0. The SMILES string of the molecule is CCc1cc2c(ccc(-c3cc(C)ccc3C)[n+]2C)cc1F. The maximum atomic E-state index is 14.0. The summed E-state index contributed by atoms with van der Waals surface area (Å²) in [6.45, 7) is 6.22. The van der Waals surface area contributed by atoms with Gasteiger partial charge < -0.3 is 0 Å². The van der Waals surface area contributed by atoms with E-state index in [0.29, 0.717) is 6.42 Å². The average Bonchev–Trinajstić information content (AvgIpc) is 2.50. The molecule has 0 N–H and O–H groups in total. The first-order chi connectivity index (χ1) is 10.5. The van der Waals surface area contributed by atoms with Gasteiger partial charge in [-0.05, 0) is 49.6 Å². The topological polar surface area (TPSA) is 3.88 Å². The summed E-state index contributed by atoms with van der Waals surface area (Å²) in [7, 11) is 2.05. The third-order valence-corrected chi connectivity index (χ3v) is 4.39. The van der Waals surface area contributed by atoms with E-state index < -0.39 is 0 Å². The molecular weight excluding hydrogens is 273 g/mol. The number of pyridine rings is 1. The molecule has 0 unspecified atom stereocenters. The van der Waals surface area contributed by atoms with Gasteiger partial charge in [0.2, 0.25) is 11.2 Å². The molecule has 3 rings (SSSR count). The first kappa shape index (κ1) is 14.7. The second-order valence-electron chi connectivity index (χ2n) is 5.95. The molecule has 0 saturated heterocycles. The van der Waals surface area contributed by atoms with Crippen LogP contribution in [0.2, 0.25) is 0 Å². The van der Waals surface area contributed by atoms with Crippen LogP contribution in [0, 0.1) is 19.7 Å². The maximum Gasteiger partial charge on any atom is 0.213 e. The van der Waals surface area contributed by atoms with Crippen LogP contribution in [0.3, 0.4) is 0 Å². The van der Waals surface area contributed by atoms with E-state index in [2.05, 4.69) is 49.7 Å². The van der Waals surface area contributed by atoms with E-state index >= 15 is 0 Å². The molecule has 3 aromatic rings. The highest BCUT2D eigenvalue weighted by Crippen LogP contribution is 2.25. The minimum absolute atomic E-state index is 0.116. The van der Waals surface area contributed by atoms with Crippen LogP contribution in [-0.4, -0.2) is 0 Å². The lowest BCUT2D eigenvalue weighted by Gasteiger charge is -2.09. The fourth-order valence-corrected chi connectivity index (χ4v) is 3.01. The van der Waals surface area contributed by atoms with E-state index in [9.17, 15) is 4.39 Å². The lowest BCUT2D eigenvalue weighted by molar-refractivity contribution is -0.633. The van der Waals surface area contributed by atoms with Crippen molar-refractivity contribution in [2.24, 2.45) is 7.05 Å². The average molecular weight is 294 g/mol. The molecule has 0 aliphatic carbocycles. The van der Waals surface area contributed by atoms with Crippen molar-refractivity contribution in [3.63, 3.8) is 0 Å². The Hall–Kier alpha value is -2.22. The van der Waals surface area contributed by atoms with Crippen molar-refractivity contribution in [3.8, 4) is 11.3 Å². The van der Waals surface area contributed by atoms with Crippen LogP contribution >= 0.6 is 0 Å². The Bertz CT molecular complexity index is 865. The fraction of sp³-hybridized carbons (Fsp3) is 0.250. The molecule has 0 fully saturated rings. The Kier molecular flexibility index (Phi) is 3.69. The van der Waals surface area contributed by atoms with Crippen molar-refractivity contribution in [1.82, 2.24) is 0 Å². The first-order valence-corrected chi connectivity index (χ1v) is 7.70. The molecule has 0 bridgehead atoms. The van der Waals surface area contributed by atoms with Gasteiger partial charge in [0.1, 0.15) is 12.9 Å². The summed E-state index contributed by atoms with van der Waals surface area (Å²) < 4.78 is 16.1. The summed E-state index contributed by atoms with van der Waals surface area (Å²) in [5.41, 5.74) is 6.71. The van der Waals surface area contributed by atoms with Gasteiger partial charge in [-0.15, -0.1) is 0 Å². The summed E-state index contributed by atoms with van der Waals surface area (Å²) in [5.74, 6) is -0.116. The summed E-state index contributed by atoms with van der Waals surface area (Å²) in [4.78, 5) is 0. The third-order valence-electron chi connectivity index (χ3n) is 4.39. The molecule has 0 aliphatic rings. The van der Waals surface area contributed by atoms with Crippen LogP contribution in [0.1, 0.15) is 23.6 Å². The monoisotopic (exact) mass is 294 g/mol. The Morgan fingerprint density at radius 2 is 1.77 bits per heavy atom. The molecule has 2 aromatic carbocycles. The van der Waals surface area contributed by atoms with Gasteiger partial charge in [-0.25, -0.2) is 4.39 Å². The van der Waals surface area contributed by atoms with Crippen molar-refractivity contribution in [2.75, 3.05) is 0 Å². The normalized spacial score (nSPS) is 11.1. The predicted octanol–water partition coefficient (Wildman–Crippen LogP) is 4.65. The van der Waals surface area contributed by atoms with E-state index in [0.717, 1.165) is 22.2 Å². The number of benzene rings is 2. The van der Waals surface area contributed by atoms with E-state index in [-0.39, 0.29) is 5.82 Å². The number of fused-ring (bicyclic) bond motifs is 1. The molecule has 0 amide bonds. The number of halogens is 1. The minimum Gasteiger partial charge on any atom is -0.207 e. The Balaban J connectivity index is 2.30. The zero-order chi connectivity index (χ0) is 15.9. The van der Waals surface area contributed by atoms with Crippen molar-refractivity contribution >= 4 is 10.9 Å². The van der Waals surface area contributed by atoms with Crippen LogP contribution in [0.15, 0.2) is 42.5 Å². The molecule has 0 radical (unpaired) electrons. The minimum atomic E-state index is -0.116. The predicted molar refractivity (Wildman–Crippen MR) is 89.4 cm³/mol. The van der Waals surface area contributed by atoms with Crippen LogP contribution in [0.4, 0.5) is 4.39 Å². The quantitative estimate of drug-likeness (QED) is 0.606. The molecule has 2 heteroatoms. The zero-order valence-corrected chi connectivity index (χ0v) is 13.6. The molecule has 0 spiro atoms. The van der Waals surface area contributed by atoms with Gasteiger partial charge in [0.05, 0.1) is 0 Å². The van der Waals surface area contributed by atoms with Crippen LogP contribution in [-0.2, 0) is 13.5 Å². The van der Waals surface area contributed by atoms with E-state index in [1.54, 1.807) is 6.07 Å². The summed E-state index contributed by atoms with van der Waals surface area (Å²) in [6.07, 6.45) is 0.704. The fourth-order valence-electron chi connectivity index (χ4n) is 3.01. The molecule has 1 nitrogen and oxygen atoms in total. The summed E-state index contributed by atoms with van der Waals surface area (Å²) in [5, 5.41) is 0.936. The van der Waals surface area contributed by atoms with Gasteiger partial charge in [-0.2, -0.15) is 4.57 Å². The molecule has 22 heavy (non-hydrogen) atoms. The van der Waals surface area contributed by atoms with Gasteiger partial charge in [-0.1, -0.05) is 24.6 Å². The number of hydrogen-bond acceptors (Lipinski definition) is 0. The van der Waals surface area contributed by atoms with Gasteiger partial charge in [-0.3, -0.25) is 0 Å². The Labute approximate surface area is 131 Å². The third kappa shape index (κ3) is 2.39. The number of rotatable bonds is 2. The number of hydrogen-bond donors (Lipinski definition) is 0. The lowest BCUT2D eigenvalue weighted by Crippen LogP contribution is -2.32. The highest BCUT2D eigenvalue weighted by Gasteiger charge is 2.17. The molecule has 1 aromatic heterocycles. The van der Waals surface area contributed by atoms with Crippen LogP contribution in [0.25, 0.3) is 22.2 Å². The summed E-state index contributed by atoms with van der Waals surface area (Å²) >= 11 is 0. The molecular formula is C20H21FN+. The van der Waals surface area contributed by atoms with Crippen molar-refractivity contribution in [1.29, 1.82) is 0 Å². The van der Waals surface area contributed by atoms with E-state index in [1.165, 1.54) is 16.7 Å². The van der Waals surface area contributed by atoms with E-state index in [4.69, 9.17) is 0 Å². The smallest absolute Gasteiger partial charge is 0.207 e. The second-order valence-corrected chi connectivity index (χ2v) is 5.95. The van der Waals surface area contributed by atoms with Crippen LogP contribution in [0.5, 0.6) is 0 Å². The highest BCUT2D eigenvalue weighted by atomic mass is 19.1. The zero-order valence-electron chi connectivity index (χ0n) is 13.6. The van der Waals surface area contributed by atoms with E-state index in [1.807, 2.05) is 19.1 Å². The standard InChI is InChI=1S/C20H21FN/c1-5-15-12-20-16(11-18(15)21)8-9-19(22(20)4)17-10-13(2)6-7-14(17)3/h6-12H,5H2,1-4H3/q+1. The Morgan fingerprint density at radius 3 is 2.50 bits per heavy atom. The molecule has 0 aliphatic heterocycles. The molecule has 112 valence electrons. The highest BCUT2D eigenvalue weighted by molar-refractivity contribution is 5.79. The number of aromatic nitrogens is 1. The molecule has 1 heterocycles. The van der Waals surface area contributed by atoms with Crippen molar-refractivity contribution in [3.05, 3.63) is 65.0 Å². The lowest BCUT2D eigenvalue weighted by atomic mass is 10.0. The number of nitrogens with zero attached hydrogens (tertiary/aromatic N) is 1. The van der Waals surface area contributed by atoms with Crippen molar-refractivity contribution in [2.45, 2.75) is 27.2 Å². The molecule has 0 saturated carbocycles. The van der Waals surface area contributed by atoms with Gasteiger partial charge >= 0.3 is 0 Å². The van der Waals surface area contributed by atoms with Gasteiger partial charge in [0.25, 0.3) is 0 Å². The number of aryl methyl sites for hydroxylation is 4. The second kappa shape index (κ2) is 5.53. The van der Waals surface area contributed by atoms with Gasteiger partial charge in [0, 0.05) is 23.1 Å². The van der Waals surface area contributed by atoms with Gasteiger partial charge in [0.15, 0.2) is 0 Å². The summed E-state index contributed by atoms with van der Waals surface area (Å²) in [6, 6.07) is 14.2.